The zero-order valence-electron chi connectivity index (χ0n) is 12.1. The lowest BCUT2D eigenvalue weighted by molar-refractivity contribution is 0.277. The van der Waals surface area contributed by atoms with Crippen molar-refractivity contribution in [2.45, 2.75) is 58.9 Å². The van der Waals surface area contributed by atoms with Gasteiger partial charge in [0.15, 0.2) is 0 Å². The molecule has 0 radical (unpaired) electrons. The van der Waals surface area contributed by atoms with E-state index in [2.05, 4.69) is 56.1 Å². The van der Waals surface area contributed by atoms with Crippen molar-refractivity contribution in [3.05, 3.63) is 23.8 Å². The van der Waals surface area contributed by atoms with Crippen molar-refractivity contribution in [1.82, 2.24) is 0 Å². The Balaban J connectivity index is 2.77. The Morgan fingerprint density at radius 3 is 2.83 bits per heavy atom. The van der Waals surface area contributed by atoms with Crippen LogP contribution in [0.1, 0.15) is 53.4 Å². The van der Waals surface area contributed by atoms with Crippen LogP contribution in [-0.4, -0.2) is 10.7 Å². The first kappa shape index (κ1) is 15.3. The van der Waals surface area contributed by atoms with Crippen LogP contribution >= 0.6 is 12.2 Å². The van der Waals surface area contributed by atoms with E-state index in [9.17, 15) is 0 Å². The van der Waals surface area contributed by atoms with Gasteiger partial charge in [-0.15, -0.1) is 0 Å². The summed E-state index contributed by atoms with van der Waals surface area (Å²) in [7, 11) is 0. The maximum absolute atomic E-state index is 4.84. The number of thiocarbonyl (C=S) groups is 1. The molecule has 100 valence electrons. The average molecular weight is 263 g/mol. The third-order valence-electron chi connectivity index (χ3n) is 3.87. The third kappa shape index (κ3) is 4.51. The Bertz CT molecular complexity index is 375. The monoisotopic (exact) mass is 263 g/mol. The van der Waals surface area contributed by atoms with Crippen molar-refractivity contribution in [1.29, 1.82) is 0 Å². The maximum atomic E-state index is 4.84. The van der Waals surface area contributed by atoms with E-state index in [1.165, 1.54) is 18.4 Å². The van der Waals surface area contributed by atoms with E-state index in [1.807, 2.05) is 0 Å². The van der Waals surface area contributed by atoms with Crippen LogP contribution in [0.5, 0.6) is 0 Å². The fraction of sp³-hybridized carbons (Fsp3) is 0.688. The SMILES string of the molecule is CC1=CC[C@@H]([C@](C)(CC=CC(C)C)N=C=S)CC1. The minimum atomic E-state index is -0.0790. The van der Waals surface area contributed by atoms with Crippen LogP contribution in [0.4, 0.5) is 0 Å². The fourth-order valence-electron chi connectivity index (χ4n) is 2.52. The summed E-state index contributed by atoms with van der Waals surface area (Å²) in [6.07, 6.45) is 11.4. The van der Waals surface area contributed by atoms with E-state index in [0.717, 1.165) is 12.8 Å². The molecule has 0 fully saturated rings. The first-order valence-corrected chi connectivity index (χ1v) is 7.30. The van der Waals surface area contributed by atoms with Crippen molar-refractivity contribution in [3.63, 3.8) is 0 Å². The number of aliphatic imine (C=N–C) groups is 1. The molecule has 1 aliphatic rings. The first-order chi connectivity index (χ1) is 8.48. The van der Waals surface area contributed by atoms with Crippen LogP contribution in [0.2, 0.25) is 0 Å². The number of allylic oxidation sites excluding steroid dienone is 3. The molecule has 0 bridgehead atoms. The predicted molar refractivity (Wildman–Crippen MR) is 83.1 cm³/mol. The summed E-state index contributed by atoms with van der Waals surface area (Å²) in [5.74, 6) is 1.19. The third-order valence-corrected chi connectivity index (χ3v) is 3.96. The Hall–Kier alpha value is -0.720. The average Bonchev–Trinajstić information content (AvgIpc) is 2.29. The largest absolute Gasteiger partial charge is 0.225 e. The maximum Gasteiger partial charge on any atom is 0.0748 e. The van der Waals surface area contributed by atoms with Gasteiger partial charge >= 0.3 is 0 Å². The number of hydrogen-bond acceptors (Lipinski definition) is 2. The highest BCUT2D eigenvalue weighted by molar-refractivity contribution is 7.78. The zero-order valence-corrected chi connectivity index (χ0v) is 12.9. The molecule has 0 N–H and O–H groups in total. The molecule has 0 saturated heterocycles. The lowest BCUT2D eigenvalue weighted by Crippen LogP contribution is -2.33. The highest BCUT2D eigenvalue weighted by Crippen LogP contribution is 2.36. The smallest absolute Gasteiger partial charge is 0.0748 e. The molecule has 0 unspecified atom stereocenters. The predicted octanol–water partition coefficient (Wildman–Crippen LogP) is 5.20. The lowest BCUT2D eigenvalue weighted by atomic mass is 9.75. The van der Waals surface area contributed by atoms with E-state index in [1.54, 1.807) is 0 Å². The van der Waals surface area contributed by atoms with Crippen molar-refractivity contribution in [3.8, 4) is 0 Å². The molecule has 0 aromatic carbocycles. The summed E-state index contributed by atoms with van der Waals surface area (Å²) < 4.78 is 0. The van der Waals surface area contributed by atoms with Gasteiger partial charge < -0.3 is 0 Å². The second-order valence-corrected chi connectivity index (χ2v) is 6.14. The number of rotatable bonds is 5. The van der Waals surface area contributed by atoms with Crippen LogP contribution in [0.3, 0.4) is 0 Å². The minimum absolute atomic E-state index is 0.0790. The summed E-state index contributed by atoms with van der Waals surface area (Å²) in [6, 6.07) is 0. The van der Waals surface area contributed by atoms with Gasteiger partial charge in [0.1, 0.15) is 0 Å². The Morgan fingerprint density at radius 1 is 1.61 bits per heavy atom. The normalized spacial score (nSPS) is 23.6. The van der Waals surface area contributed by atoms with Gasteiger partial charge in [0, 0.05) is 0 Å². The Kier molecular flexibility index (Phi) is 5.98. The van der Waals surface area contributed by atoms with Gasteiger partial charge in [0.25, 0.3) is 0 Å². The van der Waals surface area contributed by atoms with E-state index in [0.29, 0.717) is 11.8 Å². The van der Waals surface area contributed by atoms with Crippen LogP contribution in [0, 0.1) is 11.8 Å². The van der Waals surface area contributed by atoms with Gasteiger partial charge in [-0.1, -0.05) is 37.6 Å². The van der Waals surface area contributed by atoms with Gasteiger partial charge in [0.05, 0.1) is 10.7 Å². The summed E-state index contributed by atoms with van der Waals surface area (Å²) in [5, 5.41) is 2.61. The van der Waals surface area contributed by atoms with Gasteiger partial charge in [-0.2, -0.15) is 0 Å². The quantitative estimate of drug-likeness (QED) is 0.377. The molecule has 0 saturated carbocycles. The first-order valence-electron chi connectivity index (χ1n) is 6.89. The topological polar surface area (TPSA) is 12.4 Å². The molecule has 2 atom stereocenters. The van der Waals surface area contributed by atoms with Crippen LogP contribution in [0.25, 0.3) is 0 Å². The highest BCUT2D eigenvalue weighted by Gasteiger charge is 2.33. The standard InChI is InChI=1S/C16H25NS/c1-13(2)6-5-11-16(4,17-12-18)15-9-7-14(3)8-10-15/h5-7,13,15H,8-11H2,1-4H3/t15-,16+/m1/s1. The van der Waals surface area contributed by atoms with Gasteiger partial charge in [0.2, 0.25) is 0 Å². The molecule has 0 aromatic rings. The van der Waals surface area contributed by atoms with E-state index in [4.69, 9.17) is 12.2 Å². The van der Waals surface area contributed by atoms with Crippen molar-refractivity contribution in [2.24, 2.45) is 16.8 Å². The van der Waals surface area contributed by atoms with Crippen LogP contribution < -0.4 is 0 Å². The summed E-state index contributed by atoms with van der Waals surface area (Å²) >= 11 is 4.84. The lowest BCUT2D eigenvalue weighted by Gasteiger charge is -2.34. The van der Waals surface area contributed by atoms with E-state index in [-0.39, 0.29) is 5.54 Å². The molecular weight excluding hydrogens is 238 g/mol. The molecule has 0 amide bonds. The Morgan fingerprint density at radius 2 is 2.33 bits per heavy atom. The molecule has 0 aromatic heterocycles. The summed E-state index contributed by atoms with van der Waals surface area (Å²) in [5.41, 5.74) is 1.43. The van der Waals surface area contributed by atoms with Gasteiger partial charge in [-0.3, -0.25) is 0 Å². The van der Waals surface area contributed by atoms with Gasteiger partial charge in [-0.25, -0.2) is 4.99 Å². The molecule has 1 aliphatic carbocycles. The Labute approximate surface area is 117 Å². The molecule has 0 heterocycles. The molecule has 1 nitrogen and oxygen atoms in total. The zero-order chi connectivity index (χ0) is 13.6. The fourth-order valence-corrected chi connectivity index (χ4v) is 2.73. The van der Waals surface area contributed by atoms with Crippen LogP contribution in [0.15, 0.2) is 28.8 Å². The molecule has 1 rings (SSSR count). The summed E-state index contributed by atoms with van der Waals surface area (Å²) in [6.45, 7) is 8.83. The van der Waals surface area contributed by atoms with E-state index < -0.39 is 0 Å². The van der Waals surface area contributed by atoms with Crippen molar-refractivity contribution >= 4 is 17.4 Å². The number of isothiocyanates is 1. The van der Waals surface area contributed by atoms with Crippen LogP contribution in [-0.2, 0) is 0 Å². The van der Waals surface area contributed by atoms with Gasteiger partial charge in [-0.05, 0) is 63.6 Å². The second kappa shape index (κ2) is 7.01. The van der Waals surface area contributed by atoms with Crippen molar-refractivity contribution < 1.29 is 0 Å². The summed E-state index contributed by atoms with van der Waals surface area (Å²) in [4.78, 5) is 4.49. The molecule has 2 heteroatoms. The molecule has 0 aliphatic heterocycles. The number of nitrogens with zero attached hydrogens (tertiary/aromatic N) is 1. The highest BCUT2D eigenvalue weighted by atomic mass is 32.1. The molecule has 18 heavy (non-hydrogen) atoms. The minimum Gasteiger partial charge on any atom is -0.225 e. The van der Waals surface area contributed by atoms with E-state index >= 15 is 0 Å². The second-order valence-electron chi connectivity index (χ2n) is 5.96. The molecule has 0 spiro atoms. The van der Waals surface area contributed by atoms with Crippen molar-refractivity contribution in [2.75, 3.05) is 0 Å². The molecular formula is C16H25NS. The number of hydrogen-bond donors (Lipinski definition) is 0.